The molecule has 0 bridgehead atoms. The van der Waals surface area contributed by atoms with E-state index in [2.05, 4.69) is 0 Å². The second-order valence-corrected chi connectivity index (χ2v) is 6.12. The predicted octanol–water partition coefficient (Wildman–Crippen LogP) is 3.14. The van der Waals surface area contributed by atoms with Crippen LogP contribution in [0.1, 0.15) is 0 Å². The van der Waals surface area contributed by atoms with Gasteiger partial charge in [0.2, 0.25) is 0 Å². The maximum absolute atomic E-state index is 13.8. The van der Waals surface area contributed by atoms with Crippen LogP contribution in [0.5, 0.6) is 0 Å². The Morgan fingerprint density at radius 1 is 1.10 bits per heavy atom. The Morgan fingerprint density at radius 2 is 1.76 bits per heavy atom. The molecule has 0 unspecified atom stereocenters. The molecule has 112 valence electrons. The summed E-state index contributed by atoms with van der Waals surface area (Å²) in [5.41, 5.74) is 4.28. The van der Waals surface area contributed by atoms with Crippen molar-refractivity contribution in [1.29, 1.82) is 0 Å². The molecule has 0 radical (unpaired) electrons. The number of hydrogen-bond acceptors (Lipinski definition) is 3. The van der Waals surface area contributed by atoms with E-state index in [1.807, 2.05) is 0 Å². The third kappa shape index (κ3) is 3.22. The average Bonchev–Trinajstić information content (AvgIpc) is 2.37. The van der Waals surface area contributed by atoms with Crippen LogP contribution in [-0.2, 0) is 10.0 Å². The topological polar surface area (TPSA) is 72.2 Å². The van der Waals surface area contributed by atoms with Crippen LogP contribution in [0.2, 0.25) is 5.02 Å². The number of nitrogens with two attached hydrogens (primary N) is 1. The predicted molar refractivity (Wildman–Crippen MR) is 73.0 cm³/mol. The lowest BCUT2D eigenvalue weighted by Crippen LogP contribution is -2.16. The Morgan fingerprint density at radius 3 is 2.38 bits per heavy atom. The molecule has 0 amide bonds. The SMILES string of the molecule is Nc1cc(Cl)cc(S(=O)(=O)Nc2ccc(F)cc2F)c1F. The van der Waals surface area contributed by atoms with Crippen molar-refractivity contribution in [2.75, 3.05) is 10.5 Å². The highest BCUT2D eigenvalue weighted by molar-refractivity contribution is 7.92. The van der Waals surface area contributed by atoms with Crippen molar-refractivity contribution in [3.05, 3.63) is 52.8 Å². The van der Waals surface area contributed by atoms with Gasteiger partial charge in [0.25, 0.3) is 10.0 Å². The fourth-order valence-electron chi connectivity index (χ4n) is 1.55. The quantitative estimate of drug-likeness (QED) is 0.846. The number of benzene rings is 2. The molecule has 0 aliphatic heterocycles. The second-order valence-electron chi connectivity index (χ2n) is 4.04. The highest BCUT2D eigenvalue weighted by atomic mass is 35.5. The van der Waals surface area contributed by atoms with E-state index in [-0.39, 0.29) is 5.02 Å². The van der Waals surface area contributed by atoms with Gasteiger partial charge in [0.1, 0.15) is 16.5 Å². The van der Waals surface area contributed by atoms with Gasteiger partial charge in [0.05, 0.1) is 11.4 Å². The molecule has 0 saturated carbocycles. The van der Waals surface area contributed by atoms with Gasteiger partial charge < -0.3 is 5.73 Å². The molecule has 0 atom stereocenters. The normalized spacial score (nSPS) is 11.4. The molecule has 0 fully saturated rings. The molecule has 21 heavy (non-hydrogen) atoms. The van der Waals surface area contributed by atoms with Crippen molar-refractivity contribution in [1.82, 2.24) is 0 Å². The molecule has 2 rings (SSSR count). The monoisotopic (exact) mass is 336 g/mol. The minimum atomic E-state index is -4.48. The summed E-state index contributed by atoms with van der Waals surface area (Å²) in [7, 11) is -4.48. The number of nitrogen functional groups attached to an aromatic ring is 1. The van der Waals surface area contributed by atoms with E-state index in [0.717, 1.165) is 24.3 Å². The van der Waals surface area contributed by atoms with Crippen molar-refractivity contribution in [2.45, 2.75) is 4.90 Å². The van der Waals surface area contributed by atoms with E-state index in [4.69, 9.17) is 17.3 Å². The van der Waals surface area contributed by atoms with E-state index in [0.29, 0.717) is 6.07 Å². The maximum atomic E-state index is 13.8. The van der Waals surface area contributed by atoms with Gasteiger partial charge in [0.15, 0.2) is 5.82 Å². The zero-order valence-electron chi connectivity index (χ0n) is 10.2. The fraction of sp³-hybridized carbons (Fsp3) is 0. The number of nitrogens with one attached hydrogen (secondary N) is 1. The molecule has 2 aromatic carbocycles. The van der Waals surface area contributed by atoms with Crippen molar-refractivity contribution >= 4 is 33.0 Å². The molecule has 3 N–H and O–H groups in total. The second kappa shape index (κ2) is 5.45. The van der Waals surface area contributed by atoms with Gasteiger partial charge in [-0.3, -0.25) is 4.72 Å². The highest BCUT2D eigenvalue weighted by Crippen LogP contribution is 2.27. The standard InChI is InChI=1S/C12H8ClF3N2O2S/c13-6-3-9(17)12(16)11(4-6)21(19,20)18-10-2-1-7(14)5-8(10)15/h1-5,18H,17H2. The molecule has 0 heterocycles. The highest BCUT2D eigenvalue weighted by Gasteiger charge is 2.23. The summed E-state index contributed by atoms with van der Waals surface area (Å²) < 4.78 is 65.9. The lowest BCUT2D eigenvalue weighted by Gasteiger charge is -2.11. The van der Waals surface area contributed by atoms with Gasteiger partial charge in [-0.2, -0.15) is 0 Å². The molecule has 9 heteroatoms. The van der Waals surface area contributed by atoms with Crippen molar-refractivity contribution < 1.29 is 21.6 Å². The summed E-state index contributed by atoms with van der Waals surface area (Å²) in [6, 6.07) is 4.07. The van der Waals surface area contributed by atoms with Crippen molar-refractivity contribution in [3.63, 3.8) is 0 Å². The summed E-state index contributed by atoms with van der Waals surface area (Å²) in [6.45, 7) is 0. The van der Waals surface area contributed by atoms with Crippen LogP contribution < -0.4 is 10.5 Å². The number of anilines is 2. The number of halogens is 4. The van der Waals surface area contributed by atoms with E-state index in [1.165, 1.54) is 0 Å². The Balaban J connectivity index is 2.48. The number of hydrogen-bond donors (Lipinski definition) is 2. The number of rotatable bonds is 3. The minimum absolute atomic E-state index is 0.103. The molecule has 0 spiro atoms. The van der Waals surface area contributed by atoms with Crippen LogP contribution in [0.25, 0.3) is 0 Å². The minimum Gasteiger partial charge on any atom is -0.396 e. The molecule has 0 aliphatic rings. The largest absolute Gasteiger partial charge is 0.396 e. The first kappa shape index (κ1) is 15.5. The van der Waals surface area contributed by atoms with Gasteiger partial charge in [-0.15, -0.1) is 0 Å². The third-order valence-corrected chi connectivity index (χ3v) is 4.08. The summed E-state index contributed by atoms with van der Waals surface area (Å²) in [4.78, 5) is -0.837. The summed E-state index contributed by atoms with van der Waals surface area (Å²) in [5.74, 6) is -3.24. The van der Waals surface area contributed by atoms with Crippen LogP contribution in [0.15, 0.2) is 35.2 Å². The molecule has 0 aromatic heterocycles. The van der Waals surface area contributed by atoms with Gasteiger partial charge in [-0.25, -0.2) is 21.6 Å². The van der Waals surface area contributed by atoms with Crippen LogP contribution >= 0.6 is 11.6 Å². The first-order chi connectivity index (χ1) is 9.70. The zero-order chi connectivity index (χ0) is 15.8. The smallest absolute Gasteiger partial charge is 0.265 e. The molecule has 2 aromatic rings. The van der Waals surface area contributed by atoms with E-state index in [1.54, 1.807) is 4.72 Å². The van der Waals surface area contributed by atoms with Gasteiger partial charge in [-0.05, 0) is 24.3 Å². The summed E-state index contributed by atoms with van der Waals surface area (Å²) >= 11 is 5.62. The molecule has 4 nitrogen and oxygen atoms in total. The summed E-state index contributed by atoms with van der Waals surface area (Å²) in [5, 5.41) is -0.103. The molecular weight excluding hydrogens is 329 g/mol. The average molecular weight is 337 g/mol. The first-order valence-electron chi connectivity index (χ1n) is 5.43. The van der Waals surface area contributed by atoms with Crippen LogP contribution in [0.4, 0.5) is 24.5 Å². The molecule has 0 saturated heterocycles. The lowest BCUT2D eigenvalue weighted by molar-refractivity contribution is 0.570. The Bertz CT molecular complexity index is 812. The summed E-state index contributed by atoms with van der Waals surface area (Å²) in [6.07, 6.45) is 0. The van der Waals surface area contributed by atoms with Crippen molar-refractivity contribution in [2.24, 2.45) is 0 Å². The van der Waals surface area contributed by atoms with Gasteiger partial charge in [0, 0.05) is 11.1 Å². The van der Waals surface area contributed by atoms with E-state index in [9.17, 15) is 21.6 Å². The Kier molecular flexibility index (Phi) is 4.02. The Hall–Kier alpha value is -1.93. The third-order valence-electron chi connectivity index (χ3n) is 2.50. The van der Waals surface area contributed by atoms with Crippen LogP contribution in [0, 0.1) is 17.5 Å². The van der Waals surface area contributed by atoms with E-state index < -0.39 is 43.7 Å². The first-order valence-corrected chi connectivity index (χ1v) is 7.29. The fourth-order valence-corrected chi connectivity index (χ4v) is 3.04. The van der Waals surface area contributed by atoms with E-state index >= 15 is 0 Å². The van der Waals surface area contributed by atoms with Gasteiger partial charge >= 0.3 is 0 Å². The van der Waals surface area contributed by atoms with Crippen molar-refractivity contribution in [3.8, 4) is 0 Å². The van der Waals surface area contributed by atoms with Gasteiger partial charge in [-0.1, -0.05) is 11.6 Å². The molecule has 0 aliphatic carbocycles. The maximum Gasteiger partial charge on any atom is 0.265 e. The van der Waals surface area contributed by atoms with Crippen LogP contribution in [0.3, 0.4) is 0 Å². The Labute approximate surface area is 123 Å². The molecular formula is C12H8ClF3N2O2S. The van der Waals surface area contributed by atoms with Crippen LogP contribution in [-0.4, -0.2) is 8.42 Å². The lowest BCUT2D eigenvalue weighted by atomic mass is 10.3. The zero-order valence-corrected chi connectivity index (χ0v) is 11.8. The number of sulfonamides is 1.